The fraction of sp³-hybridized carbons (Fsp3) is 0.200. The average Bonchev–Trinajstić information content (AvgIpc) is 2.63. The number of carbonyl (C=O) groups excluding carboxylic acids is 1. The summed E-state index contributed by atoms with van der Waals surface area (Å²) in [6, 6.07) is 15.4. The maximum atomic E-state index is 12.5. The summed E-state index contributed by atoms with van der Waals surface area (Å²) in [5, 5.41) is 15.2. The number of amides is 1. The van der Waals surface area contributed by atoms with Crippen molar-refractivity contribution in [2.24, 2.45) is 0 Å². The topological polar surface area (TPSA) is 64.9 Å². The Hall–Kier alpha value is -2.58. The van der Waals surface area contributed by atoms with Gasteiger partial charge in [-0.1, -0.05) is 48.0 Å². The van der Waals surface area contributed by atoms with Crippen LogP contribution in [0.3, 0.4) is 0 Å². The second-order valence-electron chi connectivity index (χ2n) is 5.43. The Morgan fingerprint density at radius 3 is 2.24 bits per heavy atom. The highest BCUT2D eigenvalue weighted by molar-refractivity contribution is 9.10. The first-order valence-electron chi connectivity index (χ1n) is 8.13. The zero-order valence-electron chi connectivity index (χ0n) is 14.3. The molecule has 0 saturated carbocycles. The minimum atomic E-state index is -0.414. The highest BCUT2D eigenvalue weighted by atomic mass is 79.9. The number of nitrogens with one attached hydrogen (secondary N) is 2. The summed E-state index contributed by atoms with van der Waals surface area (Å²) < 4.78 is 0.962. The molecule has 2 aromatic rings. The van der Waals surface area contributed by atoms with Crippen molar-refractivity contribution in [1.82, 2.24) is 0 Å². The molecule has 2 N–H and O–H groups in total. The standard InChI is InChI=1S/C20H20BrN3O/c1-3-14-6-5-7-15(4-2)19(14)24-20(25)16(12-22)13-23-18-10-8-17(21)9-11-18/h5-11,13,23H,3-4H2,1-2H3,(H,24,25)/b16-13-. The molecule has 0 unspecified atom stereocenters. The van der Waals surface area contributed by atoms with Crippen LogP contribution in [0.5, 0.6) is 0 Å². The number of nitrogens with zero attached hydrogens (tertiary/aromatic N) is 1. The molecular formula is C20H20BrN3O. The van der Waals surface area contributed by atoms with Gasteiger partial charge in [0.25, 0.3) is 5.91 Å². The van der Waals surface area contributed by atoms with Gasteiger partial charge in [-0.15, -0.1) is 0 Å². The van der Waals surface area contributed by atoms with Crippen LogP contribution in [0.1, 0.15) is 25.0 Å². The van der Waals surface area contributed by atoms with E-state index >= 15 is 0 Å². The van der Waals surface area contributed by atoms with E-state index in [1.807, 2.05) is 62.4 Å². The minimum absolute atomic E-state index is 0.0240. The van der Waals surface area contributed by atoms with E-state index in [-0.39, 0.29) is 5.57 Å². The van der Waals surface area contributed by atoms with Gasteiger partial charge in [0.05, 0.1) is 0 Å². The zero-order valence-corrected chi connectivity index (χ0v) is 15.9. The summed E-state index contributed by atoms with van der Waals surface area (Å²) in [6.45, 7) is 4.08. The van der Waals surface area contributed by atoms with E-state index in [1.165, 1.54) is 6.20 Å². The third-order valence-corrected chi connectivity index (χ3v) is 4.36. The number of halogens is 1. The van der Waals surface area contributed by atoms with Crippen molar-refractivity contribution < 1.29 is 4.79 Å². The van der Waals surface area contributed by atoms with Gasteiger partial charge < -0.3 is 10.6 Å². The molecule has 0 spiro atoms. The lowest BCUT2D eigenvalue weighted by molar-refractivity contribution is -0.112. The predicted molar refractivity (Wildman–Crippen MR) is 105 cm³/mol. The van der Waals surface area contributed by atoms with Crippen molar-refractivity contribution in [3.05, 3.63) is 69.8 Å². The molecule has 128 valence electrons. The van der Waals surface area contributed by atoms with Gasteiger partial charge in [-0.2, -0.15) is 5.26 Å². The summed E-state index contributed by atoms with van der Waals surface area (Å²) in [7, 11) is 0. The zero-order chi connectivity index (χ0) is 18.2. The minimum Gasteiger partial charge on any atom is -0.360 e. The van der Waals surface area contributed by atoms with Gasteiger partial charge in [-0.25, -0.2) is 0 Å². The molecule has 0 aliphatic heterocycles. The number of nitriles is 1. The first-order valence-corrected chi connectivity index (χ1v) is 8.92. The maximum absolute atomic E-state index is 12.5. The number of rotatable bonds is 6. The predicted octanol–water partition coefficient (Wildman–Crippen LogP) is 5.03. The fourth-order valence-corrected chi connectivity index (χ4v) is 2.70. The number of hydrogen-bond acceptors (Lipinski definition) is 3. The molecule has 25 heavy (non-hydrogen) atoms. The number of anilines is 2. The monoisotopic (exact) mass is 397 g/mol. The van der Waals surface area contributed by atoms with Gasteiger partial charge in [0.15, 0.2) is 0 Å². The van der Waals surface area contributed by atoms with E-state index in [1.54, 1.807) is 0 Å². The van der Waals surface area contributed by atoms with E-state index in [9.17, 15) is 10.1 Å². The Labute approximate surface area is 156 Å². The second kappa shape index (κ2) is 9.05. The van der Waals surface area contributed by atoms with E-state index in [4.69, 9.17) is 0 Å². The molecule has 0 heterocycles. The van der Waals surface area contributed by atoms with Gasteiger partial charge in [-0.05, 0) is 48.2 Å². The normalized spacial score (nSPS) is 10.9. The van der Waals surface area contributed by atoms with E-state index in [0.29, 0.717) is 0 Å². The lowest BCUT2D eigenvalue weighted by atomic mass is 10.0. The third kappa shape index (κ3) is 4.94. The summed E-state index contributed by atoms with van der Waals surface area (Å²) >= 11 is 3.37. The Morgan fingerprint density at radius 1 is 1.12 bits per heavy atom. The smallest absolute Gasteiger partial charge is 0.267 e. The molecule has 0 bridgehead atoms. The molecule has 0 aliphatic rings. The number of hydrogen-bond donors (Lipinski definition) is 2. The van der Waals surface area contributed by atoms with Crippen LogP contribution in [0.25, 0.3) is 0 Å². The molecule has 0 aromatic heterocycles. The second-order valence-corrected chi connectivity index (χ2v) is 6.35. The van der Waals surface area contributed by atoms with E-state index in [2.05, 4.69) is 26.6 Å². The van der Waals surface area contributed by atoms with Crippen molar-refractivity contribution in [3.63, 3.8) is 0 Å². The molecule has 5 heteroatoms. The van der Waals surface area contributed by atoms with Crippen LogP contribution in [0.15, 0.2) is 58.7 Å². The molecule has 1 amide bonds. The molecule has 2 rings (SSSR count). The van der Waals surface area contributed by atoms with Crippen LogP contribution < -0.4 is 10.6 Å². The number of aryl methyl sites for hydroxylation is 2. The van der Waals surface area contributed by atoms with E-state index < -0.39 is 5.91 Å². The van der Waals surface area contributed by atoms with Crippen LogP contribution in [-0.2, 0) is 17.6 Å². The lowest BCUT2D eigenvalue weighted by Gasteiger charge is -2.14. The molecule has 0 radical (unpaired) electrons. The Balaban J connectivity index is 2.19. The van der Waals surface area contributed by atoms with Crippen molar-refractivity contribution >= 4 is 33.2 Å². The van der Waals surface area contributed by atoms with Crippen molar-refractivity contribution in [3.8, 4) is 6.07 Å². The first kappa shape index (κ1) is 18.8. The summed E-state index contributed by atoms with van der Waals surface area (Å²) in [5.74, 6) is -0.414. The van der Waals surface area contributed by atoms with Gasteiger partial charge in [0.2, 0.25) is 0 Å². The molecule has 0 saturated heterocycles. The van der Waals surface area contributed by atoms with E-state index in [0.717, 1.165) is 39.8 Å². The summed E-state index contributed by atoms with van der Waals surface area (Å²) in [4.78, 5) is 12.5. The number of carbonyl (C=O) groups is 1. The quantitative estimate of drug-likeness (QED) is 0.530. The van der Waals surface area contributed by atoms with Gasteiger partial charge in [0.1, 0.15) is 11.6 Å². The Bertz CT molecular complexity index is 798. The third-order valence-electron chi connectivity index (χ3n) is 3.83. The van der Waals surface area contributed by atoms with Crippen molar-refractivity contribution in [2.45, 2.75) is 26.7 Å². The molecule has 0 fully saturated rings. The fourth-order valence-electron chi connectivity index (χ4n) is 2.43. The van der Waals surface area contributed by atoms with Crippen LogP contribution >= 0.6 is 15.9 Å². The summed E-state index contributed by atoms with van der Waals surface area (Å²) in [6.07, 6.45) is 3.05. The molecule has 0 aliphatic carbocycles. The maximum Gasteiger partial charge on any atom is 0.267 e. The van der Waals surface area contributed by atoms with Crippen LogP contribution in [0.2, 0.25) is 0 Å². The van der Waals surface area contributed by atoms with Gasteiger partial charge in [0, 0.05) is 22.0 Å². The number of benzene rings is 2. The highest BCUT2D eigenvalue weighted by Crippen LogP contribution is 2.23. The Morgan fingerprint density at radius 2 is 1.72 bits per heavy atom. The average molecular weight is 398 g/mol. The van der Waals surface area contributed by atoms with Crippen molar-refractivity contribution in [2.75, 3.05) is 10.6 Å². The summed E-state index contributed by atoms with van der Waals surface area (Å²) in [5.41, 5.74) is 3.75. The molecule has 4 nitrogen and oxygen atoms in total. The SMILES string of the molecule is CCc1cccc(CC)c1NC(=O)/C(C#N)=C\Nc1ccc(Br)cc1. The lowest BCUT2D eigenvalue weighted by Crippen LogP contribution is -2.17. The molecule has 0 atom stereocenters. The molecule has 2 aromatic carbocycles. The van der Waals surface area contributed by atoms with Gasteiger partial charge in [-0.3, -0.25) is 4.79 Å². The largest absolute Gasteiger partial charge is 0.360 e. The molecular weight excluding hydrogens is 378 g/mol. The van der Waals surface area contributed by atoms with Gasteiger partial charge >= 0.3 is 0 Å². The Kier molecular flexibility index (Phi) is 6.79. The highest BCUT2D eigenvalue weighted by Gasteiger charge is 2.13. The van der Waals surface area contributed by atoms with Crippen LogP contribution in [0, 0.1) is 11.3 Å². The first-order chi connectivity index (χ1) is 12.1. The van der Waals surface area contributed by atoms with Crippen molar-refractivity contribution in [1.29, 1.82) is 5.26 Å². The van der Waals surface area contributed by atoms with Crippen LogP contribution in [-0.4, -0.2) is 5.91 Å². The number of para-hydroxylation sites is 1. The van der Waals surface area contributed by atoms with Crippen LogP contribution in [0.4, 0.5) is 11.4 Å².